The maximum absolute atomic E-state index is 11.5. The fraction of sp³-hybridized carbons (Fsp3) is 1.00. The summed E-state index contributed by atoms with van der Waals surface area (Å²) in [7, 11) is -2.78. The Hall–Kier alpha value is -0.0900. The SMILES string of the molecule is CCC1CCCC1NC1(C)CCS(=O)(=O)C1. The molecule has 1 saturated carbocycles. The van der Waals surface area contributed by atoms with Gasteiger partial charge in [0.2, 0.25) is 0 Å². The summed E-state index contributed by atoms with van der Waals surface area (Å²) in [6, 6.07) is 0.545. The van der Waals surface area contributed by atoms with Gasteiger partial charge in [-0.15, -0.1) is 0 Å². The number of rotatable bonds is 3. The lowest BCUT2D eigenvalue weighted by Gasteiger charge is -2.31. The Labute approximate surface area is 98.9 Å². The van der Waals surface area contributed by atoms with Gasteiger partial charge < -0.3 is 5.32 Å². The highest BCUT2D eigenvalue weighted by atomic mass is 32.2. The first-order valence-corrected chi connectivity index (χ1v) is 8.24. The highest BCUT2D eigenvalue weighted by Gasteiger charge is 2.41. The number of hydrogen-bond acceptors (Lipinski definition) is 3. The quantitative estimate of drug-likeness (QED) is 0.823. The van der Waals surface area contributed by atoms with Gasteiger partial charge in [0.15, 0.2) is 9.84 Å². The molecule has 3 nitrogen and oxygen atoms in total. The van der Waals surface area contributed by atoms with Crippen LogP contribution in [-0.4, -0.2) is 31.5 Å². The van der Waals surface area contributed by atoms with Gasteiger partial charge in [-0.1, -0.05) is 19.8 Å². The van der Waals surface area contributed by atoms with Crippen molar-refractivity contribution in [2.24, 2.45) is 5.92 Å². The number of sulfone groups is 1. The third-order valence-corrected chi connectivity index (χ3v) is 6.12. The van der Waals surface area contributed by atoms with Gasteiger partial charge in [0, 0.05) is 11.6 Å². The minimum Gasteiger partial charge on any atom is -0.307 e. The third-order valence-electron chi connectivity index (χ3n) is 4.22. The molecule has 3 atom stereocenters. The molecule has 0 amide bonds. The van der Waals surface area contributed by atoms with Gasteiger partial charge in [-0.25, -0.2) is 8.42 Å². The van der Waals surface area contributed by atoms with Crippen LogP contribution in [0.4, 0.5) is 0 Å². The van der Waals surface area contributed by atoms with Crippen molar-refractivity contribution in [1.82, 2.24) is 5.32 Å². The van der Waals surface area contributed by atoms with Gasteiger partial charge in [0.25, 0.3) is 0 Å². The van der Waals surface area contributed by atoms with Crippen molar-refractivity contribution < 1.29 is 8.42 Å². The Balaban J connectivity index is 1.99. The van der Waals surface area contributed by atoms with E-state index >= 15 is 0 Å². The molecule has 1 aliphatic carbocycles. The molecule has 0 spiro atoms. The minimum atomic E-state index is -2.78. The van der Waals surface area contributed by atoms with E-state index in [1.807, 2.05) is 0 Å². The standard InChI is InChI=1S/C12H23NO2S/c1-3-10-5-4-6-11(10)13-12(2)7-8-16(14,15)9-12/h10-11,13H,3-9H2,1-2H3. The summed E-state index contributed by atoms with van der Waals surface area (Å²) in [6.07, 6.45) is 5.80. The first-order valence-electron chi connectivity index (χ1n) is 6.42. The third kappa shape index (κ3) is 2.59. The predicted molar refractivity (Wildman–Crippen MR) is 66.2 cm³/mol. The Kier molecular flexibility index (Phi) is 3.32. The molecule has 4 heteroatoms. The van der Waals surface area contributed by atoms with Gasteiger partial charge in [0.05, 0.1) is 11.5 Å². The van der Waals surface area contributed by atoms with Gasteiger partial charge in [-0.05, 0) is 32.1 Å². The molecule has 1 saturated heterocycles. The Bertz CT molecular complexity index is 352. The zero-order chi connectivity index (χ0) is 11.8. The van der Waals surface area contributed by atoms with Crippen LogP contribution >= 0.6 is 0 Å². The van der Waals surface area contributed by atoms with E-state index in [1.54, 1.807) is 0 Å². The fourth-order valence-corrected chi connectivity index (χ4v) is 5.39. The molecule has 2 rings (SSSR count). The molecule has 1 N–H and O–H groups in total. The summed E-state index contributed by atoms with van der Waals surface area (Å²) in [4.78, 5) is 0. The molecule has 0 aromatic rings. The van der Waals surface area contributed by atoms with Crippen LogP contribution in [0.1, 0.15) is 46.0 Å². The first-order chi connectivity index (χ1) is 7.44. The molecule has 94 valence electrons. The average molecular weight is 245 g/mol. The molecular weight excluding hydrogens is 222 g/mol. The van der Waals surface area contributed by atoms with Crippen LogP contribution in [0.2, 0.25) is 0 Å². The van der Waals surface area contributed by atoms with Crippen LogP contribution in [0.15, 0.2) is 0 Å². The van der Waals surface area contributed by atoms with Crippen molar-refractivity contribution in [2.45, 2.75) is 57.5 Å². The summed E-state index contributed by atoms with van der Waals surface area (Å²) in [5.74, 6) is 1.44. The normalized spacial score (nSPS) is 42.6. The smallest absolute Gasteiger partial charge is 0.152 e. The van der Waals surface area contributed by atoms with E-state index in [1.165, 1.54) is 25.7 Å². The highest BCUT2D eigenvalue weighted by Crippen LogP contribution is 2.32. The largest absolute Gasteiger partial charge is 0.307 e. The van der Waals surface area contributed by atoms with Crippen molar-refractivity contribution in [3.63, 3.8) is 0 Å². The van der Waals surface area contributed by atoms with E-state index in [2.05, 4.69) is 19.2 Å². The minimum absolute atomic E-state index is 0.165. The average Bonchev–Trinajstić information content (AvgIpc) is 2.71. The number of hydrogen-bond donors (Lipinski definition) is 1. The second kappa shape index (κ2) is 4.30. The second-order valence-corrected chi connectivity index (χ2v) is 7.94. The van der Waals surface area contributed by atoms with Crippen LogP contribution in [0.25, 0.3) is 0 Å². The van der Waals surface area contributed by atoms with Crippen molar-refractivity contribution in [3.05, 3.63) is 0 Å². The lowest BCUT2D eigenvalue weighted by molar-refractivity contribution is 0.290. The molecule has 3 unspecified atom stereocenters. The Morgan fingerprint density at radius 2 is 2.12 bits per heavy atom. The first kappa shape index (κ1) is 12.4. The zero-order valence-electron chi connectivity index (χ0n) is 10.3. The maximum atomic E-state index is 11.5. The summed E-state index contributed by atoms with van der Waals surface area (Å²) in [5, 5.41) is 3.63. The van der Waals surface area contributed by atoms with Crippen molar-refractivity contribution in [2.75, 3.05) is 11.5 Å². The van der Waals surface area contributed by atoms with Crippen molar-refractivity contribution in [3.8, 4) is 0 Å². The van der Waals surface area contributed by atoms with Crippen LogP contribution in [-0.2, 0) is 9.84 Å². The molecule has 0 radical (unpaired) electrons. The monoisotopic (exact) mass is 245 g/mol. The lowest BCUT2D eigenvalue weighted by atomic mass is 9.95. The molecule has 2 fully saturated rings. The van der Waals surface area contributed by atoms with E-state index in [4.69, 9.17) is 0 Å². The van der Waals surface area contributed by atoms with E-state index in [0.717, 1.165) is 12.3 Å². The Morgan fingerprint density at radius 3 is 2.69 bits per heavy atom. The van der Waals surface area contributed by atoms with Crippen molar-refractivity contribution >= 4 is 9.84 Å². The van der Waals surface area contributed by atoms with Crippen LogP contribution in [0.3, 0.4) is 0 Å². The highest BCUT2D eigenvalue weighted by molar-refractivity contribution is 7.91. The maximum Gasteiger partial charge on any atom is 0.152 e. The van der Waals surface area contributed by atoms with Gasteiger partial charge in [-0.2, -0.15) is 0 Å². The lowest BCUT2D eigenvalue weighted by Crippen LogP contribution is -2.50. The van der Waals surface area contributed by atoms with Crippen LogP contribution in [0.5, 0.6) is 0 Å². The summed E-state index contributed by atoms with van der Waals surface area (Å²) < 4.78 is 23.1. The second-order valence-electron chi connectivity index (χ2n) is 5.75. The molecule has 0 aromatic carbocycles. The predicted octanol–water partition coefficient (Wildman–Crippen LogP) is 1.73. The summed E-state index contributed by atoms with van der Waals surface area (Å²) in [6.45, 7) is 4.31. The molecule has 16 heavy (non-hydrogen) atoms. The van der Waals surface area contributed by atoms with Gasteiger partial charge >= 0.3 is 0 Å². The molecule has 0 bridgehead atoms. The van der Waals surface area contributed by atoms with Gasteiger partial charge in [0.1, 0.15) is 0 Å². The van der Waals surface area contributed by atoms with Gasteiger partial charge in [-0.3, -0.25) is 0 Å². The topological polar surface area (TPSA) is 46.2 Å². The van der Waals surface area contributed by atoms with E-state index in [9.17, 15) is 8.42 Å². The fourth-order valence-electron chi connectivity index (χ4n) is 3.29. The zero-order valence-corrected chi connectivity index (χ0v) is 11.1. The van der Waals surface area contributed by atoms with Crippen LogP contribution < -0.4 is 5.32 Å². The Morgan fingerprint density at radius 1 is 1.38 bits per heavy atom. The molecular formula is C12H23NO2S. The molecule has 1 heterocycles. The summed E-state index contributed by atoms with van der Waals surface area (Å²) in [5.41, 5.74) is -0.165. The van der Waals surface area contributed by atoms with Crippen molar-refractivity contribution in [1.29, 1.82) is 0 Å². The van der Waals surface area contributed by atoms with E-state index in [0.29, 0.717) is 17.5 Å². The molecule has 2 aliphatic rings. The molecule has 0 aromatic heterocycles. The summed E-state index contributed by atoms with van der Waals surface area (Å²) >= 11 is 0. The molecule has 1 aliphatic heterocycles. The van der Waals surface area contributed by atoms with E-state index < -0.39 is 9.84 Å². The van der Waals surface area contributed by atoms with Crippen LogP contribution in [0, 0.1) is 5.92 Å². The number of nitrogens with one attached hydrogen (secondary N) is 1. The van der Waals surface area contributed by atoms with E-state index in [-0.39, 0.29) is 5.54 Å².